The Bertz CT molecular complexity index is 766. The minimum atomic E-state index is -0.157. The molecule has 0 aliphatic carbocycles. The van der Waals surface area contributed by atoms with Gasteiger partial charge in [0.05, 0.1) is 17.1 Å². The van der Waals surface area contributed by atoms with E-state index in [4.69, 9.17) is 0 Å². The third-order valence-electron chi connectivity index (χ3n) is 3.48. The van der Waals surface area contributed by atoms with Gasteiger partial charge in [0.2, 0.25) is 11.8 Å². The average molecular weight is 391 g/mol. The molecule has 1 saturated heterocycles. The molecule has 6 heteroatoms. The molecule has 118 valence electrons. The summed E-state index contributed by atoms with van der Waals surface area (Å²) in [6.07, 6.45) is 0. The Balaban J connectivity index is 2.02. The van der Waals surface area contributed by atoms with Crippen LogP contribution in [0.3, 0.4) is 0 Å². The maximum absolute atomic E-state index is 12.5. The van der Waals surface area contributed by atoms with Gasteiger partial charge in [-0.3, -0.25) is 14.5 Å². The Labute approximate surface area is 147 Å². The highest BCUT2D eigenvalue weighted by Gasteiger charge is 2.35. The number of anilines is 2. The first-order chi connectivity index (χ1) is 11.1. The lowest BCUT2D eigenvalue weighted by Crippen LogP contribution is -2.29. The Morgan fingerprint density at radius 1 is 1.26 bits per heavy atom. The lowest BCUT2D eigenvalue weighted by Gasteiger charge is -2.26. The van der Waals surface area contributed by atoms with Gasteiger partial charge in [0.1, 0.15) is 5.37 Å². The summed E-state index contributed by atoms with van der Waals surface area (Å²) < 4.78 is 0.977. The number of rotatable bonds is 3. The monoisotopic (exact) mass is 390 g/mol. The van der Waals surface area contributed by atoms with Gasteiger partial charge in [-0.2, -0.15) is 0 Å². The molecule has 1 heterocycles. The van der Waals surface area contributed by atoms with Gasteiger partial charge in [0, 0.05) is 11.4 Å². The zero-order valence-corrected chi connectivity index (χ0v) is 14.9. The minimum Gasteiger partial charge on any atom is -0.325 e. The van der Waals surface area contributed by atoms with Crippen molar-refractivity contribution in [3.63, 3.8) is 0 Å². The molecule has 2 amide bonds. The number of hydrogen-bond acceptors (Lipinski definition) is 3. The second kappa shape index (κ2) is 6.76. The van der Waals surface area contributed by atoms with Crippen molar-refractivity contribution in [1.82, 2.24) is 0 Å². The molecule has 1 fully saturated rings. The van der Waals surface area contributed by atoms with E-state index < -0.39 is 0 Å². The second-order valence-corrected chi connectivity index (χ2v) is 7.16. The van der Waals surface area contributed by atoms with Crippen LogP contribution in [0.25, 0.3) is 0 Å². The number of benzene rings is 2. The predicted molar refractivity (Wildman–Crippen MR) is 97.6 cm³/mol. The number of thioether (sulfide) groups is 1. The molecule has 0 aromatic heterocycles. The van der Waals surface area contributed by atoms with Gasteiger partial charge < -0.3 is 5.32 Å². The van der Waals surface area contributed by atoms with Gasteiger partial charge in [-0.1, -0.05) is 40.2 Å². The van der Waals surface area contributed by atoms with E-state index in [1.54, 1.807) is 16.7 Å². The molecular weight excluding hydrogens is 376 g/mol. The molecule has 1 N–H and O–H groups in total. The zero-order chi connectivity index (χ0) is 16.4. The van der Waals surface area contributed by atoms with E-state index in [0.717, 1.165) is 15.7 Å². The number of para-hydroxylation sites is 2. The number of halogens is 1. The first-order valence-corrected chi connectivity index (χ1v) is 8.96. The van der Waals surface area contributed by atoms with Gasteiger partial charge >= 0.3 is 0 Å². The van der Waals surface area contributed by atoms with Gasteiger partial charge in [0.15, 0.2) is 0 Å². The van der Waals surface area contributed by atoms with Gasteiger partial charge in [-0.25, -0.2) is 0 Å². The molecule has 0 bridgehead atoms. The van der Waals surface area contributed by atoms with E-state index >= 15 is 0 Å². The van der Waals surface area contributed by atoms with Gasteiger partial charge in [0.25, 0.3) is 0 Å². The molecule has 1 aliphatic rings. The molecule has 1 aliphatic heterocycles. The Hall–Kier alpha value is -1.79. The van der Waals surface area contributed by atoms with Crippen molar-refractivity contribution in [2.75, 3.05) is 16.0 Å². The van der Waals surface area contributed by atoms with Crippen LogP contribution < -0.4 is 10.2 Å². The van der Waals surface area contributed by atoms with Crippen molar-refractivity contribution in [2.45, 2.75) is 12.3 Å². The Kier molecular flexibility index (Phi) is 4.73. The molecule has 4 nitrogen and oxygen atoms in total. The summed E-state index contributed by atoms with van der Waals surface area (Å²) in [6.45, 7) is 1.46. The summed E-state index contributed by atoms with van der Waals surface area (Å²) in [5, 5.41) is 2.70. The zero-order valence-electron chi connectivity index (χ0n) is 12.5. The first kappa shape index (κ1) is 16.1. The fourth-order valence-corrected chi connectivity index (χ4v) is 4.15. The number of carbonyl (C=O) groups is 2. The predicted octanol–water partition coefficient (Wildman–Crippen LogP) is 4.19. The Morgan fingerprint density at radius 2 is 2.04 bits per heavy atom. The molecule has 3 rings (SSSR count). The highest BCUT2D eigenvalue weighted by molar-refractivity contribution is 9.10. The second-order valence-electron chi connectivity index (χ2n) is 5.18. The molecule has 2 aromatic carbocycles. The molecule has 1 unspecified atom stereocenters. The maximum Gasteiger partial charge on any atom is 0.238 e. The van der Waals surface area contributed by atoms with Crippen LogP contribution in [0.2, 0.25) is 0 Å². The average Bonchev–Trinajstić information content (AvgIpc) is 2.89. The summed E-state index contributed by atoms with van der Waals surface area (Å²) in [7, 11) is 0. The number of nitrogens with one attached hydrogen (secondary N) is 1. The van der Waals surface area contributed by atoms with E-state index in [-0.39, 0.29) is 17.2 Å². The van der Waals surface area contributed by atoms with Crippen LogP contribution in [0, 0.1) is 0 Å². The minimum absolute atomic E-state index is 0.0396. The van der Waals surface area contributed by atoms with E-state index in [0.29, 0.717) is 11.4 Å². The summed E-state index contributed by atoms with van der Waals surface area (Å²) in [5.74, 6) is 0.305. The van der Waals surface area contributed by atoms with Crippen LogP contribution in [0.4, 0.5) is 11.4 Å². The normalized spacial score (nSPS) is 17.4. The third-order valence-corrected chi connectivity index (χ3v) is 5.18. The lowest BCUT2D eigenvalue weighted by atomic mass is 10.1. The highest BCUT2D eigenvalue weighted by atomic mass is 79.9. The van der Waals surface area contributed by atoms with Crippen molar-refractivity contribution in [3.05, 3.63) is 58.6 Å². The van der Waals surface area contributed by atoms with E-state index in [1.165, 1.54) is 6.92 Å². The summed E-state index contributed by atoms with van der Waals surface area (Å²) in [4.78, 5) is 25.7. The number of amides is 2. The SMILES string of the molecule is CC(=O)Nc1ccccc1N1C(=O)CSC1c1cccc(Br)c1. The van der Waals surface area contributed by atoms with Crippen molar-refractivity contribution < 1.29 is 9.59 Å². The van der Waals surface area contributed by atoms with Crippen LogP contribution in [-0.2, 0) is 9.59 Å². The largest absolute Gasteiger partial charge is 0.325 e. The lowest BCUT2D eigenvalue weighted by molar-refractivity contribution is -0.116. The van der Waals surface area contributed by atoms with Gasteiger partial charge in [-0.15, -0.1) is 11.8 Å². The van der Waals surface area contributed by atoms with Crippen molar-refractivity contribution in [3.8, 4) is 0 Å². The smallest absolute Gasteiger partial charge is 0.238 e. The quantitative estimate of drug-likeness (QED) is 0.854. The van der Waals surface area contributed by atoms with Crippen LogP contribution in [-0.4, -0.2) is 17.6 Å². The summed E-state index contributed by atoms with van der Waals surface area (Å²) in [5.41, 5.74) is 2.42. The maximum atomic E-state index is 12.5. The molecule has 0 radical (unpaired) electrons. The molecule has 23 heavy (non-hydrogen) atoms. The molecule has 1 atom stereocenters. The van der Waals surface area contributed by atoms with Crippen molar-refractivity contribution in [2.24, 2.45) is 0 Å². The fourth-order valence-electron chi connectivity index (χ4n) is 2.57. The van der Waals surface area contributed by atoms with Crippen LogP contribution in [0.1, 0.15) is 17.9 Å². The van der Waals surface area contributed by atoms with Crippen LogP contribution in [0.15, 0.2) is 53.0 Å². The third kappa shape index (κ3) is 3.43. The Morgan fingerprint density at radius 3 is 2.78 bits per heavy atom. The topological polar surface area (TPSA) is 49.4 Å². The molecule has 2 aromatic rings. The van der Waals surface area contributed by atoms with Crippen LogP contribution >= 0.6 is 27.7 Å². The number of hydrogen-bond donors (Lipinski definition) is 1. The number of nitrogens with zero attached hydrogens (tertiary/aromatic N) is 1. The highest BCUT2D eigenvalue weighted by Crippen LogP contribution is 2.44. The van der Waals surface area contributed by atoms with Crippen LogP contribution in [0.5, 0.6) is 0 Å². The summed E-state index contributed by atoms with van der Waals surface area (Å²) in [6, 6.07) is 15.3. The molecule has 0 saturated carbocycles. The van der Waals surface area contributed by atoms with E-state index in [2.05, 4.69) is 21.2 Å². The first-order valence-electron chi connectivity index (χ1n) is 7.12. The summed E-state index contributed by atoms with van der Waals surface area (Å²) >= 11 is 5.06. The van der Waals surface area contributed by atoms with Gasteiger partial charge in [-0.05, 0) is 29.8 Å². The van der Waals surface area contributed by atoms with Crippen molar-refractivity contribution >= 4 is 50.9 Å². The van der Waals surface area contributed by atoms with E-state index in [1.807, 2.05) is 48.5 Å². The number of carbonyl (C=O) groups excluding carboxylic acids is 2. The van der Waals surface area contributed by atoms with E-state index in [9.17, 15) is 9.59 Å². The van der Waals surface area contributed by atoms with Crippen molar-refractivity contribution in [1.29, 1.82) is 0 Å². The fraction of sp³-hybridized carbons (Fsp3) is 0.176. The standard InChI is InChI=1S/C17H15BrN2O2S/c1-11(21)19-14-7-2-3-8-15(14)20-16(22)10-23-17(20)12-5-4-6-13(18)9-12/h2-9,17H,10H2,1H3,(H,19,21). The molecular formula is C17H15BrN2O2S. The molecule has 0 spiro atoms.